The van der Waals surface area contributed by atoms with Crippen LogP contribution in [-0.2, 0) is 14.8 Å². The van der Waals surface area contributed by atoms with Crippen LogP contribution in [0.15, 0.2) is 29.2 Å². The van der Waals surface area contributed by atoms with E-state index in [0.717, 1.165) is 11.6 Å². The first-order valence-electron chi connectivity index (χ1n) is 9.94. The molecule has 1 atom stereocenters. The van der Waals surface area contributed by atoms with Crippen LogP contribution in [0.1, 0.15) is 45.5 Å². The molecule has 7 nitrogen and oxygen atoms in total. The molecule has 3 rings (SSSR count). The molecule has 2 aromatic rings. The van der Waals surface area contributed by atoms with Gasteiger partial charge in [0.25, 0.3) is 0 Å². The first-order chi connectivity index (χ1) is 14.4. The number of hydrogen-bond acceptors (Lipinski definition) is 4. The number of nitrogens with one attached hydrogen (secondary N) is 1. The second-order valence-corrected chi connectivity index (χ2v) is 9.81. The highest BCUT2D eigenvalue weighted by molar-refractivity contribution is 7.89. The molecule has 0 aromatic heterocycles. The second-order valence-electron chi connectivity index (χ2n) is 7.99. The maximum absolute atomic E-state index is 14.2. The number of primary amides is 1. The highest BCUT2D eigenvalue weighted by Gasteiger charge is 2.40. The number of carbonyl (C=O) groups is 2. The molecular formula is C22H26FN3O4S. The summed E-state index contributed by atoms with van der Waals surface area (Å²) in [6.07, 6.45) is 0.863. The van der Waals surface area contributed by atoms with Crippen LogP contribution in [0.3, 0.4) is 0 Å². The lowest BCUT2D eigenvalue weighted by atomic mass is 10.1. The molecule has 0 bridgehead atoms. The van der Waals surface area contributed by atoms with Crippen molar-refractivity contribution in [2.75, 3.05) is 11.9 Å². The minimum atomic E-state index is -3.92. The zero-order valence-corrected chi connectivity index (χ0v) is 18.8. The lowest BCUT2D eigenvalue weighted by Crippen LogP contribution is -2.43. The lowest BCUT2D eigenvalue weighted by molar-refractivity contribution is -0.119. The minimum Gasteiger partial charge on any atom is -0.366 e. The van der Waals surface area contributed by atoms with E-state index in [1.54, 1.807) is 26.0 Å². The summed E-state index contributed by atoms with van der Waals surface area (Å²) >= 11 is 0. The number of anilines is 1. The standard InChI is InChI=1S/C22H26FN3O4S/c1-12-8-13(2)20(14(3)9-12)31(29,30)26-7-5-6-19(26)22(28)25-18-11-16(21(24)27)10-17(23)15(18)4/h8-11,19H,5-7H2,1-4H3,(H2,24,27)(H,25,28). The summed E-state index contributed by atoms with van der Waals surface area (Å²) in [7, 11) is -3.92. The van der Waals surface area contributed by atoms with E-state index >= 15 is 0 Å². The molecule has 2 aromatic carbocycles. The number of benzene rings is 2. The number of hydrogen-bond donors (Lipinski definition) is 2. The van der Waals surface area contributed by atoms with Crippen LogP contribution in [-0.4, -0.2) is 37.1 Å². The van der Waals surface area contributed by atoms with Crippen molar-refractivity contribution in [3.63, 3.8) is 0 Å². The van der Waals surface area contributed by atoms with E-state index in [1.165, 1.54) is 17.3 Å². The Hall–Kier alpha value is -2.78. The number of rotatable bonds is 5. The molecule has 1 unspecified atom stereocenters. The Morgan fingerprint density at radius 2 is 1.71 bits per heavy atom. The fourth-order valence-corrected chi connectivity index (χ4v) is 6.22. The first-order valence-corrected chi connectivity index (χ1v) is 11.4. The van der Waals surface area contributed by atoms with E-state index in [9.17, 15) is 22.4 Å². The van der Waals surface area contributed by atoms with Gasteiger partial charge in [0.15, 0.2) is 0 Å². The van der Waals surface area contributed by atoms with E-state index in [1.807, 2.05) is 6.92 Å². The molecule has 166 valence electrons. The molecule has 0 aliphatic carbocycles. The summed E-state index contributed by atoms with van der Waals surface area (Å²) in [5.41, 5.74) is 7.57. The van der Waals surface area contributed by atoms with Gasteiger partial charge >= 0.3 is 0 Å². The second kappa shape index (κ2) is 8.39. The highest BCUT2D eigenvalue weighted by Crippen LogP contribution is 2.31. The smallest absolute Gasteiger partial charge is 0.248 e. The van der Waals surface area contributed by atoms with E-state index in [0.29, 0.717) is 24.0 Å². The number of carbonyl (C=O) groups excluding carboxylic acids is 2. The average molecular weight is 448 g/mol. The molecule has 1 fully saturated rings. The van der Waals surface area contributed by atoms with Gasteiger partial charge in [0.2, 0.25) is 21.8 Å². The summed E-state index contributed by atoms with van der Waals surface area (Å²) in [6, 6.07) is 4.95. The van der Waals surface area contributed by atoms with Gasteiger partial charge in [-0.05, 0) is 63.8 Å². The number of amides is 2. The number of sulfonamides is 1. The van der Waals surface area contributed by atoms with Gasteiger partial charge in [0.05, 0.1) is 4.90 Å². The average Bonchev–Trinajstić information content (AvgIpc) is 3.15. The van der Waals surface area contributed by atoms with Gasteiger partial charge in [-0.25, -0.2) is 12.8 Å². The van der Waals surface area contributed by atoms with Crippen LogP contribution in [0.25, 0.3) is 0 Å². The maximum Gasteiger partial charge on any atom is 0.248 e. The van der Waals surface area contributed by atoms with Crippen molar-refractivity contribution in [1.82, 2.24) is 4.31 Å². The largest absolute Gasteiger partial charge is 0.366 e. The molecule has 31 heavy (non-hydrogen) atoms. The Morgan fingerprint density at radius 1 is 1.10 bits per heavy atom. The molecule has 1 aliphatic rings. The van der Waals surface area contributed by atoms with E-state index in [2.05, 4.69) is 5.32 Å². The van der Waals surface area contributed by atoms with Crippen LogP contribution in [0.5, 0.6) is 0 Å². The molecule has 1 heterocycles. The minimum absolute atomic E-state index is 0.0831. The molecular weight excluding hydrogens is 421 g/mol. The summed E-state index contributed by atoms with van der Waals surface area (Å²) < 4.78 is 42.3. The third-order valence-electron chi connectivity index (χ3n) is 5.56. The van der Waals surface area contributed by atoms with Crippen molar-refractivity contribution in [3.8, 4) is 0 Å². The van der Waals surface area contributed by atoms with Crippen LogP contribution in [0, 0.1) is 33.5 Å². The van der Waals surface area contributed by atoms with E-state index in [4.69, 9.17) is 5.73 Å². The topological polar surface area (TPSA) is 110 Å². The van der Waals surface area contributed by atoms with Crippen LogP contribution in [0.2, 0.25) is 0 Å². The Kier molecular flexibility index (Phi) is 6.20. The first kappa shape index (κ1) is 22.9. The normalized spacial score (nSPS) is 17.0. The predicted octanol–water partition coefficient (Wildman–Crippen LogP) is 2.95. The Balaban J connectivity index is 1.94. The number of nitrogens with zero attached hydrogens (tertiary/aromatic N) is 1. The molecule has 2 amide bonds. The summed E-state index contributed by atoms with van der Waals surface area (Å²) in [6.45, 7) is 7.03. The summed E-state index contributed by atoms with van der Waals surface area (Å²) in [4.78, 5) is 24.7. The van der Waals surface area contributed by atoms with Crippen molar-refractivity contribution in [3.05, 3.63) is 57.9 Å². The monoisotopic (exact) mass is 447 g/mol. The third-order valence-corrected chi connectivity index (χ3v) is 7.78. The van der Waals surface area contributed by atoms with E-state index in [-0.39, 0.29) is 28.3 Å². The van der Waals surface area contributed by atoms with E-state index < -0.39 is 33.7 Å². The fourth-order valence-electron chi connectivity index (χ4n) is 4.15. The molecule has 0 saturated carbocycles. The molecule has 9 heteroatoms. The van der Waals surface area contributed by atoms with Crippen LogP contribution in [0.4, 0.5) is 10.1 Å². The van der Waals surface area contributed by atoms with Crippen LogP contribution >= 0.6 is 0 Å². The van der Waals surface area contributed by atoms with Crippen molar-refractivity contribution in [2.45, 2.75) is 51.5 Å². The molecule has 0 radical (unpaired) electrons. The summed E-state index contributed by atoms with van der Waals surface area (Å²) in [5, 5.41) is 2.59. The Bertz CT molecular complexity index is 1150. The van der Waals surface area contributed by atoms with Gasteiger partial charge in [-0.1, -0.05) is 17.7 Å². The lowest BCUT2D eigenvalue weighted by Gasteiger charge is -2.25. The van der Waals surface area contributed by atoms with Gasteiger partial charge in [0, 0.05) is 23.4 Å². The quantitative estimate of drug-likeness (QED) is 0.734. The molecule has 3 N–H and O–H groups in total. The van der Waals surface area contributed by atoms with Crippen molar-refractivity contribution in [2.24, 2.45) is 5.73 Å². The van der Waals surface area contributed by atoms with Gasteiger partial charge in [-0.15, -0.1) is 0 Å². The third kappa shape index (κ3) is 4.33. The van der Waals surface area contributed by atoms with Gasteiger partial charge in [-0.2, -0.15) is 4.31 Å². The Labute approximate surface area is 181 Å². The molecule has 1 saturated heterocycles. The van der Waals surface area contributed by atoms with Crippen molar-refractivity contribution in [1.29, 1.82) is 0 Å². The van der Waals surface area contributed by atoms with Gasteiger partial charge < -0.3 is 11.1 Å². The fraction of sp³-hybridized carbons (Fsp3) is 0.364. The predicted molar refractivity (Wildman–Crippen MR) is 116 cm³/mol. The maximum atomic E-state index is 14.2. The zero-order chi connectivity index (χ0) is 23.1. The van der Waals surface area contributed by atoms with Crippen molar-refractivity contribution >= 4 is 27.5 Å². The van der Waals surface area contributed by atoms with Gasteiger partial charge in [0.1, 0.15) is 11.9 Å². The molecule has 1 aliphatic heterocycles. The van der Waals surface area contributed by atoms with Crippen molar-refractivity contribution < 1.29 is 22.4 Å². The number of halogens is 1. The SMILES string of the molecule is Cc1cc(C)c(S(=O)(=O)N2CCCC2C(=O)Nc2cc(C(N)=O)cc(F)c2C)c(C)c1. The highest BCUT2D eigenvalue weighted by atomic mass is 32.2. The Morgan fingerprint density at radius 3 is 2.29 bits per heavy atom. The number of aryl methyl sites for hydroxylation is 3. The van der Waals surface area contributed by atoms with Gasteiger partial charge in [-0.3, -0.25) is 9.59 Å². The zero-order valence-electron chi connectivity index (χ0n) is 18.0. The number of nitrogens with two attached hydrogens (primary N) is 1. The summed E-state index contributed by atoms with van der Waals surface area (Å²) in [5.74, 6) is -2.09. The molecule has 0 spiro atoms. The van der Waals surface area contributed by atoms with Crippen LogP contribution < -0.4 is 11.1 Å².